The molecule has 4 rings (SSSR count). The lowest BCUT2D eigenvalue weighted by Gasteiger charge is -2.41. The zero-order valence-electron chi connectivity index (χ0n) is 22.9. The number of aryl methyl sites for hydroxylation is 1. The monoisotopic (exact) mass is 592 g/mol. The van der Waals surface area contributed by atoms with Gasteiger partial charge < -0.3 is 30.1 Å². The largest absolute Gasteiger partial charge is 0.482 e. The van der Waals surface area contributed by atoms with Crippen molar-refractivity contribution in [2.24, 2.45) is 5.92 Å². The van der Waals surface area contributed by atoms with Crippen LogP contribution < -0.4 is 15.4 Å². The third-order valence-electron chi connectivity index (χ3n) is 7.34. The van der Waals surface area contributed by atoms with Crippen LogP contribution in [0.3, 0.4) is 0 Å². The molecular weight excluding hydrogens is 561 g/mol. The Morgan fingerprint density at radius 1 is 1.14 bits per heavy atom. The predicted octanol–water partition coefficient (Wildman–Crippen LogP) is 3.38. The molecule has 2 fully saturated rings. The van der Waals surface area contributed by atoms with Crippen molar-refractivity contribution in [1.29, 1.82) is 0 Å². The molecule has 3 heterocycles. The summed E-state index contributed by atoms with van der Waals surface area (Å²) >= 11 is 0. The average Bonchev–Trinajstić information content (AvgIpc) is 3.37. The Balaban J connectivity index is 1.49. The molecule has 2 aromatic rings. The van der Waals surface area contributed by atoms with E-state index in [-0.39, 0.29) is 24.6 Å². The number of ether oxygens (including phenoxy) is 2. The van der Waals surface area contributed by atoms with E-state index in [1.54, 1.807) is 24.3 Å². The lowest BCUT2D eigenvalue weighted by molar-refractivity contribution is -0.174. The number of hydrogen-bond acceptors (Lipinski definition) is 7. The van der Waals surface area contributed by atoms with Crippen molar-refractivity contribution >= 4 is 23.9 Å². The number of alkyl halides is 3. The molecule has 2 saturated heterocycles. The van der Waals surface area contributed by atoms with E-state index in [2.05, 4.69) is 10.3 Å². The summed E-state index contributed by atoms with van der Waals surface area (Å²) in [6.07, 6.45) is -4.78. The number of halogens is 3. The summed E-state index contributed by atoms with van der Waals surface area (Å²) in [7, 11) is 0. The highest BCUT2D eigenvalue weighted by molar-refractivity contribution is 5.92. The Morgan fingerprint density at radius 3 is 2.43 bits per heavy atom. The Bertz CT molecular complexity index is 1300. The molecule has 0 aliphatic carbocycles. The molecule has 3 amide bonds. The lowest BCUT2D eigenvalue weighted by atomic mass is 9.85. The van der Waals surface area contributed by atoms with E-state index < -0.39 is 60.2 Å². The van der Waals surface area contributed by atoms with Gasteiger partial charge in [0.05, 0.1) is 36.8 Å². The van der Waals surface area contributed by atoms with Gasteiger partial charge >= 0.3 is 24.1 Å². The number of amides is 3. The van der Waals surface area contributed by atoms with E-state index in [0.29, 0.717) is 24.8 Å². The topological polar surface area (TPSA) is 147 Å². The first kappa shape index (κ1) is 30.6. The second-order valence-electron chi connectivity index (χ2n) is 10.3. The van der Waals surface area contributed by atoms with Crippen LogP contribution in [0.15, 0.2) is 42.6 Å². The zero-order valence-corrected chi connectivity index (χ0v) is 22.9. The number of esters is 1. The van der Waals surface area contributed by atoms with Gasteiger partial charge in [0.25, 0.3) is 5.91 Å². The van der Waals surface area contributed by atoms with Crippen LogP contribution in [0.5, 0.6) is 5.75 Å². The van der Waals surface area contributed by atoms with Crippen molar-refractivity contribution < 1.29 is 46.9 Å². The number of pyridine rings is 1. The third-order valence-corrected chi connectivity index (χ3v) is 7.34. The third kappa shape index (κ3) is 7.09. The normalized spacial score (nSPS) is 22.1. The molecule has 0 bridgehead atoms. The number of carboxylic acid groups (broad SMARTS) is 1. The summed E-state index contributed by atoms with van der Waals surface area (Å²) in [5.74, 6) is -3.78. The molecule has 42 heavy (non-hydrogen) atoms. The number of rotatable bonds is 8. The molecule has 14 heteroatoms. The van der Waals surface area contributed by atoms with Gasteiger partial charge in [0.15, 0.2) is 0 Å². The smallest absolute Gasteiger partial charge is 0.471 e. The minimum atomic E-state index is -5.07. The number of aromatic nitrogens is 1. The van der Waals surface area contributed by atoms with Crippen molar-refractivity contribution in [3.05, 3.63) is 59.4 Å². The summed E-state index contributed by atoms with van der Waals surface area (Å²) in [4.78, 5) is 54.1. The number of carbonyl (C=O) groups is 4. The fraction of sp³-hybridized carbons (Fsp3) is 0.464. The van der Waals surface area contributed by atoms with Crippen molar-refractivity contribution in [2.45, 2.75) is 63.5 Å². The van der Waals surface area contributed by atoms with E-state index in [4.69, 9.17) is 9.47 Å². The van der Waals surface area contributed by atoms with Gasteiger partial charge in [-0.05, 0) is 50.8 Å². The van der Waals surface area contributed by atoms with Crippen LogP contribution in [0, 0.1) is 12.8 Å². The number of hydrogen-bond donors (Lipinski definition) is 3. The Morgan fingerprint density at radius 2 is 1.86 bits per heavy atom. The number of cyclic esters (lactones) is 1. The summed E-state index contributed by atoms with van der Waals surface area (Å²) in [6, 6.07) is 7.09. The Labute approximate surface area is 239 Å². The Hall–Kier alpha value is -4.36. The summed E-state index contributed by atoms with van der Waals surface area (Å²) < 4.78 is 49.6. The first-order valence-corrected chi connectivity index (χ1v) is 13.4. The minimum Gasteiger partial charge on any atom is -0.482 e. The van der Waals surface area contributed by atoms with Gasteiger partial charge in [-0.3, -0.25) is 14.4 Å². The van der Waals surface area contributed by atoms with E-state index >= 15 is 0 Å². The SMILES string of the molecule is Cc1ccc([C@@H](Oc2ccc(C(=O)N[C@H]3CCCN(C(=O)O)C3[C@@H]3CCOC3=O)nc2)[C@H](C)NC(=O)C(F)(F)F)cc1. The summed E-state index contributed by atoms with van der Waals surface area (Å²) in [5.41, 5.74) is 1.40. The van der Waals surface area contributed by atoms with Crippen LogP contribution in [0.1, 0.15) is 53.9 Å². The van der Waals surface area contributed by atoms with Crippen LogP contribution in [0.4, 0.5) is 18.0 Å². The highest BCUT2D eigenvalue weighted by Gasteiger charge is 2.46. The summed E-state index contributed by atoms with van der Waals surface area (Å²) in [5, 5.41) is 14.4. The fourth-order valence-corrected chi connectivity index (χ4v) is 5.27. The maximum absolute atomic E-state index is 13.1. The molecule has 1 aromatic carbocycles. The maximum Gasteiger partial charge on any atom is 0.471 e. The van der Waals surface area contributed by atoms with Gasteiger partial charge in [0, 0.05) is 6.54 Å². The highest BCUT2D eigenvalue weighted by Crippen LogP contribution is 2.31. The number of benzene rings is 1. The van der Waals surface area contributed by atoms with Crippen LogP contribution in [-0.2, 0) is 14.3 Å². The predicted molar refractivity (Wildman–Crippen MR) is 141 cm³/mol. The van der Waals surface area contributed by atoms with Crippen LogP contribution in [-0.4, -0.2) is 76.3 Å². The summed E-state index contributed by atoms with van der Waals surface area (Å²) in [6.45, 7) is 3.63. The zero-order chi connectivity index (χ0) is 30.6. The van der Waals surface area contributed by atoms with Crippen molar-refractivity contribution in [3.63, 3.8) is 0 Å². The molecule has 2 aliphatic rings. The first-order valence-electron chi connectivity index (χ1n) is 13.4. The highest BCUT2D eigenvalue weighted by atomic mass is 19.4. The molecule has 5 atom stereocenters. The number of nitrogens with one attached hydrogen (secondary N) is 2. The fourth-order valence-electron chi connectivity index (χ4n) is 5.27. The van der Waals surface area contributed by atoms with Gasteiger partial charge in [-0.2, -0.15) is 13.2 Å². The number of piperidine rings is 1. The molecular formula is C28H31F3N4O7. The first-order chi connectivity index (χ1) is 19.8. The second kappa shape index (κ2) is 12.7. The molecule has 3 N–H and O–H groups in total. The molecule has 1 unspecified atom stereocenters. The number of carbonyl (C=O) groups excluding carboxylic acids is 3. The molecule has 11 nitrogen and oxygen atoms in total. The number of nitrogens with zero attached hydrogens (tertiary/aromatic N) is 2. The van der Waals surface area contributed by atoms with Gasteiger partial charge in [-0.1, -0.05) is 29.8 Å². The molecule has 1 aromatic heterocycles. The number of likely N-dealkylation sites (tertiary alicyclic amines) is 1. The van der Waals surface area contributed by atoms with Crippen molar-refractivity contribution in [2.75, 3.05) is 13.2 Å². The van der Waals surface area contributed by atoms with E-state index in [9.17, 15) is 37.5 Å². The molecule has 0 spiro atoms. The van der Waals surface area contributed by atoms with Gasteiger partial charge in [-0.25, -0.2) is 9.78 Å². The van der Waals surface area contributed by atoms with Crippen LogP contribution in [0.25, 0.3) is 0 Å². The van der Waals surface area contributed by atoms with Gasteiger partial charge in [0.2, 0.25) is 0 Å². The minimum absolute atomic E-state index is 0.0205. The lowest BCUT2D eigenvalue weighted by Crippen LogP contribution is -2.60. The molecule has 2 aliphatic heterocycles. The van der Waals surface area contributed by atoms with E-state index in [1.165, 1.54) is 30.2 Å². The quantitative estimate of drug-likeness (QED) is 0.396. The maximum atomic E-state index is 13.1. The van der Waals surface area contributed by atoms with Crippen molar-refractivity contribution in [1.82, 2.24) is 20.5 Å². The van der Waals surface area contributed by atoms with Crippen LogP contribution in [0.2, 0.25) is 0 Å². The standard InChI is InChI=1S/C28H31F3N4O7/c1-15-5-7-17(8-6-15)23(16(2)33-26(38)28(29,30)31)42-18-9-10-21(32-14-18)24(36)34-20-4-3-12-35(27(39)40)22(20)19-11-13-41-25(19)37/h5-10,14,16,19-20,22-23H,3-4,11-13H2,1-2H3,(H,33,38)(H,34,36)(H,39,40)/t16-,19-,20-,22?,23-/m0/s1. The van der Waals surface area contributed by atoms with E-state index in [1.807, 2.05) is 12.2 Å². The van der Waals surface area contributed by atoms with E-state index in [0.717, 1.165) is 5.56 Å². The molecule has 0 saturated carbocycles. The second-order valence-corrected chi connectivity index (χ2v) is 10.3. The molecule has 226 valence electrons. The van der Waals surface area contributed by atoms with Crippen molar-refractivity contribution in [3.8, 4) is 5.75 Å². The van der Waals surface area contributed by atoms with Crippen LogP contribution >= 0.6 is 0 Å². The van der Waals surface area contributed by atoms with Gasteiger partial charge in [0.1, 0.15) is 17.5 Å². The van der Waals surface area contributed by atoms with Gasteiger partial charge in [-0.15, -0.1) is 0 Å². The average molecular weight is 593 g/mol. The Kier molecular flexibility index (Phi) is 9.22. The molecule has 0 radical (unpaired) electrons.